The van der Waals surface area contributed by atoms with Gasteiger partial charge in [-0.1, -0.05) is 0 Å². The maximum atomic E-state index is 12.4. The van der Waals surface area contributed by atoms with Crippen LogP contribution in [0.4, 0.5) is 13.2 Å². The second-order valence-corrected chi connectivity index (χ2v) is 3.26. The van der Waals surface area contributed by atoms with E-state index in [4.69, 9.17) is 5.73 Å². The molecule has 5 nitrogen and oxygen atoms in total. The predicted octanol–water partition coefficient (Wildman–Crippen LogP) is 1.14. The number of alkyl halides is 3. The lowest BCUT2D eigenvalue weighted by Gasteiger charge is -2.04. The van der Waals surface area contributed by atoms with Crippen molar-refractivity contribution in [3.05, 3.63) is 35.8 Å². The van der Waals surface area contributed by atoms with Crippen LogP contribution in [-0.2, 0) is 12.7 Å². The predicted molar refractivity (Wildman–Crippen MR) is 52.0 cm³/mol. The highest BCUT2D eigenvalue weighted by Gasteiger charge is 2.32. The van der Waals surface area contributed by atoms with Crippen LogP contribution in [0, 0.1) is 0 Å². The average molecular weight is 243 g/mol. The minimum Gasteiger partial charge on any atom is -0.326 e. The zero-order chi connectivity index (χ0) is 12.5. The molecule has 0 aliphatic carbocycles. The van der Waals surface area contributed by atoms with Crippen molar-refractivity contribution >= 4 is 0 Å². The van der Waals surface area contributed by atoms with E-state index in [2.05, 4.69) is 15.3 Å². The van der Waals surface area contributed by atoms with Crippen LogP contribution in [0.5, 0.6) is 0 Å². The van der Waals surface area contributed by atoms with Crippen LogP contribution in [-0.4, -0.2) is 20.0 Å². The summed E-state index contributed by atoms with van der Waals surface area (Å²) in [6, 6.07) is 1.58. The molecule has 0 saturated carbocycles. The summed E-state index contributed by atoms with van der Waals surface area (Å²) in [5.41, 5.74) is 5.17. The lowest BCUT2D eigenvalue weighted by Crippen LogP contribution is -2.08. The molecule has 8 heteroatoms. The fraction of sp³-hybridized carbons (Fsp3) is 0.222. The van der Waals surface area contributed by atoms with Crippen molar-refractivity contribution in [3.8, 4) is 5.82 Å². The van der Waals surface area contributed by atoms with Crippen LogP contribution in [0.2, 0.25) is 0 Å². The smallest absolute Gasteiger partial charge is 0.326 e. The molecule has 0 amide bonds. The average Bonchev–Trinajstić information content (AvgIpc) is 2.77. The molecule has 0 unspecified atom stereocenters. The van der Waals surface area contributed by atoms with Crippen LogP contribution in [0.1, 0.15) is 11.1 Å². The van der Waals surface area contributed by atoms with Gasteiger partial charge < -0.3 is 5.73 Å². The summed E-state index contributed by atoms with van der Waals surface area (Å²) in [5.74, 6) is 0.200. The van der Waals surface area contributed by atoms with Gasteiger partial charge in [0.1, 0.15) is 0 Å². The zero-order valence-electron chi connectivity index (χ0n) is 8.52. The normalized spacial score (nSPS) is 11.8. The van der Waals surface area contributed by atoms with E-state index in [1.54, 1.807) is 6.07 Å². The molecule has 0 aliphatic heterocycles. The van der Waals surface area contributed by atoms with Gasteiger partial charge in [-0.3, -0.25) is 0 Å². The highest BCUT2D eigenvalue weighted by atomic mass is 19.4. The summed E-state index contributed by atoms with van der Waals surface area (Å²) in [6.07, 6.45) is -1.43. The monoisotopic (exact) mass is 243 g/mol. The van der Waals surface area contributed by atoms with Crippen molar-refractivity contribution in [2.75, 3.05) is 0 Å². The van der Waals surface area contributed by atoms with E-state index in [-0.39, 0.29) is 12.4 Å². The summed E-state index contributed by atoms with van der Waals surface area (Å²) in [7, 11) is 0. The summed E-state index contributed by atoms with van der Waals surface area (Å²) in [4.78, 5) is 0. The molecular weight excluding hydrogens is 235 g/mol. The lowest BCUT2D eigenvalue weighted by molar-refractivity contribution is -0.137. The summed E-state index contributed by atoms with van der Waals surface area (Å²) < 4.78 is 38.2. The molecule has 0 bridgehead atoms. The number of nitrogens with zero attached hydrogens (tertiary/aromatic N) is 4. The van der Waals surface area contributed by atoms with E-state index < -0.39 is 11.7 Å². The first-order valence-electron chi connectivity index (χ1n) is 4.65. The van der Waals surface area contributed by atoms with Gasteiger partial charge in [-0.05, 0) is 6.07 Å². The molecule has 17 heavy (non-hydrogen) atoms. The van der Waals surface area contributed by atoms with Gasteiger partial charge in [-0.15, -0.1) is 5.10 Å². The Morgan fingerprint density at radius 1 is 1.35 bits per heavy atom. The van der Waals surface area contributed by atoms with Gasteiger partial charge in [-0.25, -0.2) is 4.68 Å². The third-order valence-corrected chi connectivity index (χ3v) is 2.13. The minimum absolute atomic E-state index is 0.145. The zero-order valence-corrected chi connectivity index (χ0v) is 8.52. The third-order valence-electron chi connectivity index (χ3n) is 2.13. The van der Waals surface area contributed by atoms with Gasteiger partial charge in [-0.2, -0.15) is 23.4 Å². The molecule has 0 spiro atoms. The first-order valence-corrected chi connectivity index (χ1v) is 4.65. The van der Waals surface area contributed by atoms with Crippen molar-refractivity contribution < 1.29 is 13.2 Å². The highest BCUT2D eigenvalue weighted by molar-refractivity contribution is 5.31. The molecule has 2 N–H and O–H groups in total. The number of halogens is 3. The molecule has 0 aromatic carbocycles. The van der Waals surface area contributed by atoms with E-state index in [1.807, 2.05) is 0 Å². The Hall–Kier alpha value is -1.96. The molecule has 0 atom stereocenters. The van der Waals surface area contributed by atoms with Gasteiger partial charge in [0, 0.05) is 18.3 Å². The number of rotatable bonds is 2. The fourth-order valence-corrected chi connectivity index (χ4v) is 1.29. The third kappa shape index (κ3) is 2.26. The molecule has 0 fully saturated rings. The maximum Gasteiger partial charge on any atom is 0.419 e. The molecular formula is C9H8F3N5. The maximum absolute atomic E-state index is 12.4. The van der Waals surface area contributed by atoms with E-state index in [1.165, 1.54) is 6.20 Å². The molecule has 90 valence electrons. The van der Waals surface area contributed by atoms with E-state index in [9.17, 15) is 13.2 Å². The van der Waals surface area contributed by atoms with Crippen molar-refractivity contribution in [1.29, 1.82) is 0 Å². The van der Waals surface area contributed by atoms with E-state index in [0.29, 0.717) is 5.56 Å². The van der Waals surface area contributed by atoms with Crippen molar-refractivity contribution in [1.82, 2.24) is 20.0 Å². The molecule has 0 radical (unpaired) electrons. The minimum atomic E-state index is -4.43. The van der Waals surface area contributed by atoms with Gasteiger partial charge in [0.05, 0.1) is 18.0 Å². The van der Waals surface area contributed by atoms with Crippen molar-refractivity contribution in [2.45, 2.75) is 12.7 Å². The quantitative estimate of drug-likeness (QED) is 0.858. The topological polar surface area (TPSA) is 69.6 Å². The Kier molecular flexibility index (Phi) is 2.80. The van der Waals surface area contributed by atoms with Crippen molar-refractivity contribution in [3.63, 3.8) is 0 Å². The first-order chi connectivity index (χ1) is 8.02. The molecule has 2 rings (SSSR count). The SMILES string of the molecule is NCc1ccnnc1-n1cc(C(F)(F)F)cn1. The second-order valence-electron chi connectivity index (χ2n) is 3.26. The van der Waals surface area contributed by atoms with E-state index >= 15 is 0 Å². The fourth-order valence-electron chi connectivity index (χ4n) is 1.29. The van der Waals surface area contributed by atoms with Crippen LogP contribution < -0.4 is 5.73 Å². The Balaban J connectivity index is 2.44. The summed E-state index contributed by atoms with van der Waals surface area (Å²) in [5, 5.41) is 10.9. The lowest BCUT2D eigenvalue weighted by atomic mass is 10.3. The summed E-state index contributed by atoms with van der Waals surface area (Å²) in [6.45, 7) is 0.145. The van der Waals surface area contributed by atoms with Gasteiger partial charge in [0.25, 0.3) is 0 Å². The summed E-state index contributed by atoms with van der Waals surface area (Å²) >= 11 is 0. The number of aromatic nitrogens is 4. The standard InChI is InChI=1S/C9H8F3N5/c10-9(11,12)7-4-15-17(5-7)8-6(3-13)1-2-14-16-8/h1-2,4-5H,3,13H2. The molecule has 2 aromatic rings. The Morgan fingerprint density at radius 3 is 2.71 bits per heavy atom. The first kappa shape index (κ1) is 11.5. The molecule has 2 aromatic heterocycles. The Morgan fingerprint density at radius 2 is 2.12 bits per heavy atom. The molecule has 2 heterocycles. The van der Waals surface area contributed by atoms with Crippen LogP contribution in [0.3, 0.4) is 0 Å². The van der Waals surface area contributed by atoms with Crippen LogP contribution in [0.15, 0.2) is 24.7 Å². The number of hydrogen-bond donors (Lipinski definition) is 1. The highest BCUT2D eigenvalue weighted by Crippen LogP contribution is 2.29. The second kappa shape index (κ2) is 4.13. The van der Waals surface area contributed by atoms with E-state index in [0.717, 1.165) is 17.1 Å². The van der Waals surface area contributed by atoms with Crippen LogP contribution >= 0.6 is 0 Å². The number of hydrogen-bond acceptors (Lipinski definition) is 4. The molecule has 0 saturated heterocycles. The largest absolute Gasteiger partial charge is 0.419 e. The van der Waals surface area contributed by atoms with Crippen LogP contribution in [0.25, 0.3) is 5.82 Å². The van der Waals surface area contributed by atoms with Crippen molar-refractivity contribution in [2.24, 2.45) is 5.73 Å². The van der Waals surface area contributed by atoms with Gasteiger partial charge in [0.15, 0.2) is 5.82 Å². The molecule has 0 aliphatic rings. The van der Waals surface area contributed by atoms with Gasteiger partial charge in [0.2, 0.25) is 0 Å². The number of nitrogens with two attached hydrogens (primary N) is 1. The van der Waals surface area contributed by atoms with Gasteiger partial charge >= 0.3 is 6.18 Å². The Labute approximate surface area is 94.1 Å². The Bertz CT molecular complexity index is 519.